The molecule has 158 valence electrons. The molecular weight excluding hydrogens is 380 g/mol. The number of nitrogens with two attached hydrogens (primary N) is 1. The van der Waals surface area contributed by atoms with E-state index in [2.05, 4.69) is 15.3 Å². The van der Waals surface area contributed by atoms with Crippen molar-refractivity contribution in [2.45, 2.75) is 44.8 Å². The van der Waals surface area contributed by atoms with Gasteiger partial charge in [-0.2, -0.15) is 0 Å². The molecule has 0 radical (unpaired) electrons. The molecule has 29 heavy (non-hydrogen) atoms. The van der Waals surface area contributed by atoms with Gasteiger partial charge < -0.3 is 25.5 Å². The number of amides is 2. The van der Waals surface area contributed by atoms with Crippen LogP contribution in [0.2, 0.25) is 0 Å². The Bertz CT molecular complexity index is 710. The van der Waals surface area contributed by atoms with Crippen LogP contribution < -0.4 is 16.5 Å². The summed E-state index contributed by atoms with van der Waals surface area (Å²) >= 11 is 0. The zero-order chi connectivity index (χ0) is 20.9. The third-order valence-electron chi connectivity index (χ3n) is 4.03. The molecule has 2 amide bonds. The van der Waals surface area contributed by atoms with Crippen LogP contribution in [0.3, 0.4) is 0 Å². The minimum absolute atomic E-state index is 0.0593. The van der Waals surface area contributed by atoms with Crippen molar-refractivity contribution in [3.8, 4) is 0 Å². The Labute approximate surface area is 168 Å². The van der Waals surface area contributed by atoms with E-state index in [4.69, 9.17) is 15.3 Å². The fourth-order valence-electron chi connectivity index (χ4n) is 2.54. The molecule has 0 fully saturated rings. The number of oxime groups is 1. The first-order chi connectivity index (χ1) is 14.1. The van der Waals surface area contributed by atoms with Crippen LogP contribution in [0.4, 0.5) is 4.79 Å². The maximum atomic E-state index is 11.8. The summed E-state index contributed by atoms with van der Waals surface area (Å²) in [4.78, 5) is 44.7. The van der Waals surface area contributed by atoms with Crippen LogP contribution in [-0.2, 0) is 30.6 Å². The van der Waals surface area contributed by atoms with E-state index in [0.29, 0.717) is 25.8 Å². The Morgan fingerprint density at radius 2 is 2.00 bits per heavy atom. The van der Waals surface area contributed by atoms with Crippen molar-refractivity contribution in [1.29, 1.82) is 0 Å². The number of hydrogen-bond donors (Lipinski definition) is 3. The maximum Gasteiger partial charge on any atom is 0.441 e. The Balaban J connectivity index is 1.48. The molecule has 10 nitrogen and oxygen atoms in total. The second-order valence-electron chi connectivity index (χ2n) is 6.40. The van der Waals surface area contributed by atoms with E-state index in [1.165, 1.54) is 0 Å². The number of ether oxygens (including phenoxy) is 1. The van der Waals surface area contributed by atoms with Gasteiger partial charge in [-0.3, -0.25) is 4.79 Å². The molecule has 0 spiro atoms. The highest BCUT2D eigenvalue weighted by Gasteiger charge is 2.21. The number of carbonyl (C=O) groups is 3. The predicted octanol–water partition coefficient (Wildman–Crippen LogP) is 1.15. The van der Waals surface area contributed by atoms with E-state index in [0.717, 1.165) is 11.3 Å². The number of nitrogens with zero attached hydrogens (tertiary/aromatic N) is 1. The lowest BCUT2D eigenvalue weighted by Crippen LogP contribution is -2.31. The molecule has 1 aromatic rings. The third kappa shape index (κ3) is 9.06. The molecule has 4 N–H and O–H groups in total. The minimum atomic E-state index is -0.876. The molecular formula is C19H26N4O6. The molecule has 10 heteroatoms. The molecule has 1 heterocycles. The minimum Gasteiger partial charge on any atom is -0.443 e. The number of hydroxylamine groups is 1. The van der Waals surface area contributed by atoms with Crippen LogP contribution in [0.5, 0.6) is 0 Å². The van der Waals surface area contributed by atoms with E-state index in [1.807, 2.05) is 23.7 Å². The van der Waals surface area contributed by atoms with Gasteiger partial charge in [0.05, 0.1) is 12.1 Å². The Hall–Kier alpha value is -3.14. The highest BCUT2D eigenvalue weighted by molar-refractivity contribution is 5.85. The molecule has 0 bridgehead atoms. The van der Waals surface area contributed by atoms with Crippen molar-refractivity contribution in [1.82, 2.24) is 10.8 Å². The highest BCUT2D eigenvalue weighted by atomic mass is 16.7. The van der Waals surface area contributed by atoms with Crippen molar-refractivity contribution in [3.63, 3.8) is 0 Å². The second kappa shape index (κ2) is 12.3. The summed E-state index contributed by atoms with van der Waals surface area (Å²) in [5.41, 5.74) is 9.09. The molecule has 1 aromatic carbocycles. The van der Waals surface area contributed by atoms with Crippen LogP contribution in [0.1, 0.15) is 37.7 Å². The van der Waals surface area contributed by atoms with E-state index < -0.39 is 12.1 Å². The van der Waals surface area contributed by atoms with Gasteiger partial charge in [-0.25, -0.2) is 9.59 Å². The third-order valence-corrected chi connectivity index (χ3v) is 4.03. The van der Waals surface area contributed by atoms with Gasteiger partial charge in [0.25, 0.3) is 0 Å². The standard InChI is InChI=1S/C19H26N4O6/c20-10-8-15-12-16(28-22-15)6-7-17(24)21-11-9-18(25)29-23-19(26)27-13-14-4-2-1-3-5-14/h1-5,16H,6-13,20H2,(H,21,24)(H,23,26)/t16-/m1/s1. The average Bonchev–Trinajstić information content (AvgIpc) is 3.18. The smallest absolute Gasteiger partial charge is 0.441 e. The Morgan fingerprint density at radius 3 is 2.76 bits per heavy atom. The molecule has 1 aliphatic rings. The number of nitrogens with one attached hydrogen (secondary N) is 2. The Kier molecular flexibility index (Phi) is 9.43. The van der Waals surface area contributed by atoms with E-state index >= 15 is 0 Å². The SMILES string of the molecule is NCCC1=NO[C@H](CCC(=O)NCCC(=O)ONC(=O)OCc2ccccc2)C1. The summed E-state index contributed by atoms with van der Waals surface area (Å²) in [6.07, 6.45) is 1.09. The van der Waals surface area contributed by atoms with Gasteiger partial charge in [0.1, 0.15) is 12.7 Å². The number of carbonyl (C=O) groups excluding carboxylic acids is 3. The maximum absolute atomic E-state index is 11.8. The second-order valence-corrected chi connectivity index (χ2v) is 6.40. The molecule has 0 saturated carbocycles. The highest BCUT2D eigenvalue weighted by Crippen LogP contribution is 2.16. The first kappa shape index (κ1) is 22.2. The largest absolute Gasteiger partial charge is 0.443 e. The van der Waals surface area contributed by atoms with Gasteiger partial charge in [-0.05, 0) is 18.5 Å². The van der Waals surface area contributed by atoms with E-state index in [-0.39, 0.29) is 38.0 Å². The molecule has 1 aliphatic heterocycles. The first-order valence-corrected chi connectivity index (χ1v) is 9.41. The van der Waals surface area contributed by atoms with E-state index in [1.54, 1.807) is 12.1 Å². The monoisotopic (exact) mass is 406 g/mol. The van der Waals surface area contributed by atoms with Crippen LogP contribution in [0, 0.1) is 0 Å². The van der Waals surface area contributed by atoms with Gasteiger partial charge in [-0.1, -0.05) is 35.5 Å². The van der Waals surface area contributed by atoms with Crippen LogP contribution >= 0.6 is 0 Å². The number of rotatable bonds is 10. The van der Waals surface area contributed by atoms with Crippen molar-refractivity contribution in [2.75, 3.05) is 13.1 Å². The fraction of sp³-hybridized carbons (Fsp3) is 0.474. The van der Waals surface area contributed by atoms with Crippen molar-refractivity contribution < 1.29 is 28.8 Å². The quantitative estimate of drug-likeness (QED) is 0.495. The summed E-state index contributed by atoms with van der Waals surface area (Å²) in [6, 6.07) is 9.08. The molecule has 0 saturated heterocycles. The van der Waals surface area contributed by atoms with Crippen molar-refractivity contribution >= 4 is 23.7 Å². The zero-order valence-electron chi connectivity index (χ0n) is 16.1. The molecule has 2 rings (SSSR count). The summed E-state index contributed by atoms with van der Waals surface area (Å²) in [5.74, 6) is -0.898. The van der Waals surface area contributed by atoms with Gasteiger partial charge in [0.15, 0.2) is 0 Å². The van der Waals surface area contributed by atoms with Crippen LogP contribution in [0.15, 0.2) is 35.5 Å². The zero-order valence-corrected chi connectivity index (χ0v) is 16.1. The molecule has 0 unspecified atom stereocenters. The lowest BCUT2D eigenvalue weighted by molar-refractivity contribution is -0.149. The van der Waals surface area contributed by atoms with Gasteiger partial charge >= 0.3 is 12.1 Å². The molecule has 0 aliphatic carbocycles. The number of benzene rings is 1. The summed E-state index contributed by atoms with van der Waals surface area (Å²) in [6.45, 7) is 0.674. The normalized spacial score (nSPS) is 15.1. The molecule has 1 atom stereocenters. The van der Waals surface area contributed by atoms with Crippen molar-refractivity contribution in [3.05, 3.63) is 35.9 Å². The van der Waals surface area contributed by atoms with E-state index in [9.17, 15) is 14.4 Å². The predicted molar refractivity (Wildman–Crippen MR) is 103 cm³/mol. The Morgan fingerprint density at radius 1 is 1.21 bits per heavy atom. The first-order valence-electron chi connectivity index (χ1n) is 9.41. The molecule has 0 aromatic heterocycles. The summed E-state index contributed by atoms with van der Waals surface area (Å²) in [7, 11) is 0. The lowest BCUT2D eigenvalue weighted by atomic mass is 10.1. The van der Waals surface area contributed by atoms with Gasteiger partial charge in [-0.15, -0.1) is 5.48 Å². The van der Waals surface area contributed by atoms with Crippen molar-refractivity contribution in [2.24, 2.45) is 10.9 Å². The average molecular weight is 406 g/mol. The fourth-order valence-corrected chi connectivity index (χ4v) is 2.54. The summed E-state index contributed by atoms with van der Waals surface area (Å²) < 4.78 is 4.90. The summed E-state index contributed by atoms with van der Waals surface area (Å²) in [5, 5.41) is 6.55. The van der Waals surface area contributed by atoms with Gasteiger partial charge in [0, 0.05) is 25.8 Å². The topological polar surface area (TPSA) is 141 Å². The van der Waals surface area contributed by atoms with Gasteiger partial charge in [0.2, 0.25) is 5.91 Å². The number of hydrogen-bond acceptors (Lipinski definition) is 8. The lowest BCUT2D eigenvalue weighted by Gasteiger charge is -2.09. The van der Waals surface area contributed by atoms with Crippen LogP contribution in [-0.4, -0.2) is 42.9 Å². The van der Waals surface area contributed by atoms with Crippen LogP contribution in [0.25, 0.3) is 0 Å².